The van der Waals surface area contributed by atoms with Crippen molar-refractivity contribution in [1.29, 1.82) is 0 Å². The predicted molar refractivity (Wildman–Crippen MR) is 149 cm³/mol. The highest BCUT2D eigenvalue weighted by molar-refractivity contribution is 7.87. The van der Waals surface area contributed by atoms with Crippen molar-refractivity contribution < 1.29 is 17.3 Å². The van der Waals surface area contributed by atoms with Gasteiger partial charge in [-0.2, -0.15) is 8.42 Å². The van der Waals surface area contributed by atoms with Crippen LogP contribution in [0.15, 0.2) is 60.2 Å². The quantitative estimate of drug-likeness (QED) is 0.583. The fourth-order valence-electron chi connectivity index (χ4n) is 6.39. The lowest BCUT2D eigenvalue weighted by Gasteiger charge is -2.26. The number of ether oxygens (including phenoxy) is 1. The van der Waals surface area contributed by atoms with Gasteiger partial charge in [0, 0.05) is 11.1 Å². The maximum absolute atomic E-state index is 12.4. The molecule has 0 spiro atoms. The second kappa shape index (κ2) is 8.57. The summed E-state index contributed by atoms with van der Waals surface area (Å²) in [4.78, 5) is 0. The van der Waals surface area contributed by atoms with Gasteiger partial charge in [0.15, 0.2) is 0 Å². The molecule has 186 valence electrons. The SMILES string of the molecule is CCOS(=O)(=O)CC1=c2c(ccc3c2=C[C@H](C2C=CC=c4c2ccc2c4=CCC4=C2C=CCC4)O3)C=C1. The average molecular weight is 509 g/mol. The van der Waals surface area contributed by atoms with E-state index in [2.05, 4.69) is 54.7 Å². The van der Waals surface area contributed by atoms with Gasteiger partial charge in [-0.25, -0.2) is 0 Å². The molecule has 0 N–H and O–H groups in total. The third kappa shape index (κ3) is 3.72. The predicted octanol–water partition coefficient (Wildman–Crippen LogP) is 3.19. The number of benzene rings is 2. The topological polar surface area (TPSA) is 52.6 Å². The number of fused-ring (bicyclic) bond motifs is 7. The minimum atomic E-state index is -3.64. The number of rotatable bonds is 5. The van der Waals surface area contributed by atoms with E-state index in [9.17, 15) is 8.42 Å². The Labute approximate surface area is 216 Å². The van der Waals surface area contributed by atoms with Gasteiger partial charge in [-0.15, -0.1) is 0 Å². The van der Waals surface area contributed by atoms with Crippen LogP contribution in [0.3, 0.4) is 0 Å². The zero-order valence-corrected chi connectivity index (χ0v) is 21.6. The van der Waals surface area contributed by atoms with Gasteiger partial charge in [-0.1, -0.05) is 72.4 Å². The first kappa shape index (κ1) is 22.8. The van der Waals surface area contributed by atoms with Gasteiger partial charge in [-0.05, 0) is 81.8 Å². The first-order valence-electron chi connectivity index (χ1n) is 13.0. The summed E-state index contributed by atoms with van der Waals surface area (Å²) < 4.78 is 36.3. The Bertz CT molecular complexity index is 1830. The van der Waals surface area contributed by atoms with Gasteiger partial charge >= 0.3 is 0 Å². The highest BCUT2D eigenvalue weighted by Crippen LogP contribution is 2.33. The Balaban J connectivity index is 1.31. The smallest absolute Gasteiger partial charge is 0.271 e. The molecule has 7 rings (SSSR count). The fraction of sp³-hybridized carbons (Fsp3) is 0.250. The van der Waals surface area contributed by atoms with Crippen LogP contribution in [0.4, 0.5) is 0 Å². The summed E-state index contributed by atoms with van der Waals surface area (Å²) in [5.41, 5.74) is 7.31. The van der Waals surface area contributed by atoms with Gasteiger partial charge in [0.1, 0.15) is 17.6 Å². The van der Waals surface area contributed by atoms with Crippen molar-refractivity contribution in [2.75, 3.05) is 12.4 Å². The van der Waals surface area contributed by atoms with E-state index >= 15 is 0 Å². The van der Waals surface area contributed by atoms with Crippen molar-refractivity contribution in [2.45, 2.75) is 38.2 Å². The molecule has 0 fully saturated rings. The molecule has 0 amide bonds. The number of allylic oxidation sites excluding steroid dienone is 6. The van der Waals surface area contributed by atoms with Crippen molar-refractivity contribution in [2.24, 2.45) is 0 Å². The van der Waals surface area contributed by atoms with E-state index < -0.39 is 10.1 Å². The van der Waals surface area contributed by atoms with Gasteiger partial charge in [0.25, 0.3) is 10.1 Å². The van der Waals surface area contributed by atoms with Gasteiger partial charge in [0.05, 0.1) is 6.61 Å². The molecule has 5 heteroatoms. The molecule has 2 atom stereocenters. The molecule has 4 aliphatic carbocycles. The van der Waals surface area contributed by atoms with Crippen LogP contribution in [0, 0.1) is 0 Å². The van der Waals surface area contributed by atoms with Crippen LogP contribution in [0.1, 0.15) is 48.8 Å². The average Bonchev–Trinajstić information content (AvgIpc) is 3.51. The molecule has 4 nitrogen and oxygen atoms in total. The first-order chi connectivity index (χ1) is 18.0. The summed E-state index contributed by atoms with van der Waals surface area (Å²) in [5.74, 6) is 0.730. The maximum Gasteiger partial charge on any atom is 0.271 e. The number of hydrogen-bond donors (Lipinski definition) is 0. The van der Waals surface area contributed by atoms with Crippen molar-refractivity contribution in [1.82, 2.24) is 0 Å². The molecule has 0 saturated heterocycles. The lowest BCUT2D eigenvalue weighted by Crippen LogP contribution is -2.37. The van der Waals surface area contributed by atoms with E-state index in [1.165, 1.54) is 27.1 Å². The Hall–Kier alpha value is -3.41. The van der Waals surface area contributed by atoms with Crippen LogP contribution in [-0.4, -0.2) is 26.9 Å². The third-order valence-electron chi connectivity index (χ3n) is 7.98. The Kier molecular flexibility index (Phi) is 5.27. The minimum absolute atomic E-state index is 0.0731. The Morgan fingerprint density at radius 3 is 2.86 bits per heavy atom. The van der Waals surface area contributed by atoms with Crippen LogP contribution in [0.25, 0.3) is 35.5 Å². The van der Waals surface area contributed by atoms with Gasteiger partial charge in [0.2, 0.25) is 0 Å². The van der Waals surface area contributed by atoms with Crippen LogP contribution >= 0.6 is 0 Å². The van der Waals surface area contributed by atoms with Crippen molar-refractivity contribution in [3.8, 4) is 5.75 Å². The van der Waals surface area contributed by atoms with Crippen molar-refractivity contribution in [3.63, 3.8) is 0 Å². The monoisotopic (exact) mass is 508 g/mol. The van der Waals surface area contributed by atoms with E-state index in [1.807, 2.05) is 24.3 Å². The lowest BCUT2D eigenvalue weighted by atomic mass is 9.81. The molecule has 2 aromatic rings. The standard InChI is InChI=1S/C32H28O4S/c1-2-35-37(33,34)19-22-11-10-21-13-17-30-29(32(21)22)18-31(36-30)28-9-5-8-24-26-14-12-20-6-3-4-7-23(20)25(26)15-16-27(24)28/h4-5,7-11,13-18,28,31H,2-3,6,12,19H2,1H3/t28?,31-/m1/s1. The zero-order valence-electron chi connectivity index (χ0n) is 20.7. The van der Waals surface area contributed by atoms with Gasteiger partial charge in [-0.3, -0.25) is 4.18 Å². The van der Waals surface area contributed by atoms with Gasteiger partial charge < -0.3 is 4.74 Å². The Morgan fingerprint density at radius 2 is 1.97 bits per heavy atom. The van der Waals surface area contributed by atoms with E-state index in [0.29, 0.717) is 0 Å². The Morgan fingerprint density at radius 1 is 1.05 bits per heavy atom. The lowest BCUT2D eigenvalue weighted by molar-refractivity contribution is 0.258. The highest BCUT2D eigenvalue weighted by Gasteiger charge is 2.30. The molecule has 1 unspecified atom stereocenters. The maximum atomic E-state index is 12.4. The van der Waals surface area contributed by atoms with Crippen LogP contribution in [0.2, 0.25) is 0 Å². The molecule has 0 saturated carbocycles. The summed E-state index contributed by atoms with van der Waals surface area (Å²) >= 11 is 0. The first-order valence-corrected chi connectivity index (χ1v) is 14.6. The molecule has 2 aromatic carbocycles. The summed E-state index contributed by atoms with van der Waals surface area (Å²) in [6, 6.07) is 8.55. The third-order valence-corrected chi connectivity index (χ3v) is 9.24. The molecule has 5 aliphatic rings. The molecular formula is C32H28O4S. The van der Waals surface area contributed by atoms with Crippen molar-refractivity contribution in [3.05, 3.63) is 97.8 Å². The molecular weight excluding hydrogens is 480 g/mol. The molecule has 1 aliphatic heterocycles. The van der Waals surface area contributed by atoms with E-state index in [1.54, 1.807) is 12.5 Å². The molecule has 1 heterocycles. The minimum Gasteiger partial charge on any atom is -0.485 e. The molecule has 0 radical (unpaired) electrons. The summed E-state index contributed by atoms with van der Waals surface area (Å²) in [7, 11) is -3.64. The summed E-state index contributed by atoms with van der Waals surface area (Å²) in [6.45, 7) is 1.82. The summed E-state index contributed by atoms with van der Waals surface area (Å²) in [6.07, 6.45) is 22.8. The fourth-order valence-corrected chi connectivity index (χ4v) is 7.45. The molecule has 0 bridgehead atoms. The van der Waals surface area contributed by atoms with Crippen LogP contribution in [0.5, 0.6) is 5.75 Å². The molecule has 0 aromatic heterocycles. The van der Waals surface area contributed by atoms with Crippen LogP contribution in [-0.2, 0) is 14.3 Å². The largest absolute Gasteiger partial charge is 0.485 e. The molecule has 37 heavy (non-hydrogen) atoms. The summed E-state index contributed by atoms with van der Waals surface area (Å²) in [5, 5.41) is 4.53. The normalized spacial score (nSPS) is 22.2. The van der Waals surface area contributed by atoms with E-state index in [4.69, 9.17) is 8.92 Å². The number of hydrogen-bond acceptors (Lipinski definition) is 4. The van der Waals surface area contributed by atoms with Crippen molar-refractivity contribution >= 4 is 45.6 Å². The highest BCUT2D eigenvalue weighted by atomic mass is 32.2. The second-order valence-electron chi connectivity index (χ2n) is 10.1. The second-order valence-corrected chi connectivity index (χ2v) is 11.8. The van der Waals surface area contributed by atoms with Crippen LogP contribution < -0.4 is 25.6 Å². The van der Waals surface area contributed by atoms with E-state index in [-0.39, 0.29) is 24.4 Å². The van der Waals surface area contributed by atoms with E-state index in [0.717, 1.165) is 46.6 Å². The zero-order chi connectivity index (χ0) is 25.1.